The van der Waals surface area contributed by atoms with E-state index in [1.165, 1.54) is 6.07 Å². The molecule has 0 spiro atoms. The van der Waals surface area contributed by atoms with E-state index in [4.69, 9.17) is 4.74 Å². The molecule has 112 valence electrons. The molecule has 0 bridgehead atoms. The number of benzene rings is 2. The van der Waals surface area contributed by atoms with E-state index in [2.05, 4.69) is 10.3 Å². The van der Waals surface area contributed by atoms with Gasteiger partial charge in [-0.25, -0.2) is 4.39 Å². The van der Waals surface area contributed by atoms with E-state index in [1.807, 2.05) is 12.1 Å². The van der Waals surface area contributed by atoms with Crippen molar-refractivity contribution >= 4 is 22.5 Å². The van der Waals surface area contributed by atoms with Crippen LogP contribution in [-0.2, 0) is 11.2 Å². The predicted molar refractivity (Wildman–Crippen MR) is 83.6 cm³/mol. The number of amides is 1. The van der Waals surface area contributed by atoms with Crippen LogP contribution in [0.5, 0.6) is 5.75 Å². The molecule has 0 unspecified atom stereocenters. The van der Waals surface area contributed by atoms with Gasteiger partial charge in [-0.3, -0.25) is 4.79 Å². The van der Waals surface area contributed by atoms with Crippen molar-refractivity contribution in [1.82, 2.24) is 4.98 Å². The second-order valence-corrected chi connectivity index (χ2v) is 4.90. The number of aromatic amines is 1. The molecule has 2 N–H and O–H groups in total. The number of ether oxygens (including phenoxy) is 1. The average molecular weight is 298 g/mol. The quantitative estimate of drug-likeness (QED) is 0.774. The van der Waals surface area contributed by atoms with E-state index >= 15 is 0 Å². The van der Waals surface area contributed by atoms with E-state index in [0.717, 1.165) is 10.9 Å². The van der Waals surface area contributed by atoms with Crippen molar-refractivity contribution in [3.63, 3.8) is 0 Å². The number of halogens is 1. The lowest BCUT2D eigenvalue weighted by Crippen LogP contribution is -2.14. The molecule has 22 heavy (non-hydrogen) atoms. The van der Waals surface area contributed by atoms with Crippen molar-refractivity contribution in [3.05, 3.63) is 60.0 Å². The van der Waals surface area contributed by atoms with Gasteiger partial charge < -0.3 is 15.0 Å². The molecule has 4 nitrogen and oxygen atoms in total. The Balaban J connectivity index is 1.80. The van der Waals surface area contributed by atoms with Crippen LogP contribution in [0.15, 0.2) is 48.7 Å². The van der Waals surface area contributed by atoms with Gasteiger partial charge in [-0.2, -0.15) is 0 Å². The standard InChI is InChI=1S/C17H15FN2O2/c1-22-15-8-3-2-7-14(15)20-16(21)9-11-10-19-17-12(11)5-4-6-13(17)18/h2-8,10,19H,9H2,1H3,(H,20,21). The third-order valence-electron chi connectivity index (χ3n) is 3.48. The second kappa shape index (κ2) is 5.89. The number of hydrogen-bond acceptors (Lipinski definition) is 2. The highest BCUT2D eigenvalue weighted by molar-refractivity contribution is 5.96. The number of fused-ring (bicyclic) bond motifs is 1. The molecule has 0 radical (unpaired) electrons. The molecule has 1 aromatic heterocycles. The third kappa shape index (κ3) is 2.65. The molecule has 0 saturated carbocycles. The summed E-state index contributed by atoms with van der Waals surface area (Å²) in [6, 6.07) is 12.0. The summed E-state index contributed by atoms with van der Waals surface area (Å²) in [4.78, 5) is 15.1. The molecular weight excluding hydrogens is 283 g/mol. The van der Waals surface area contributed by atoms with E-state index < -0.39 is 0 Å². The second-order valence-electron chi connectivity index (χ2n) is 4.90. The Morgan fingerprint density at radius 3 is 2.86 bits per heavy atom. The predicted octanol–water partition coefficient (Wildman–Crippen LogP) is 3.50. The SMILES string of the molecule is COc1ccccc1NC(=O)Cc1c[nH]c2c(F)cccc12. The van der Waals surface area contributed by atoms with Crippen LogP contribution in [0, 0.1) is 5.82 Å². The summed E-state index contributed by atoms with van der Waals surface area (Å²) in [6.45, 7) is 0. The van der Waals surface area contributed by atoms with Crippen molar-refractivity contribution in [3.8, 4) is 5.75 Å². The number of anilines is 1. The molecule has 5 heteroatoms. The van der Waals surface area contributed by atoms with E-state index in [0.29, 0.717) is 17.0 Å². The minimum absolute atomic E-state index is 0.154. The van der Waals surface area contributed by atoms with Gasteiger partial charge in [0, 0.05) is 11.6 Å². The molecule has 3 rings (SSSR count). The van der Waals surface area contributed by atoms with Crippen LogP contribution in [0.3, 0.4) is 0 Å². The summed E-state index contributed by atoms with van der Waals surface area (Å²) in [5.74, 6) is 0.0874. The highest BCUT2D eigenvalue weighted by Crippen LogP contribution is 2.24. The number of hydrogen-bond donors (Lipinski definition) is 2. The van der Waals surface area contributed by atoms with E-state index in [-0.39, 0.29) is 18.1 Å². The van der Waals surface area contributed by atoms with Crippen LogP contribution >= 0.6 is 0 Å². The minimum atomic E-state index is -0.325. The van der Waals surface area contributed by atoms with Gasteiger partial charge in [0.15, 0.2) is 0 Å². The third-order valence-corrected chi connectivity index (χ3v) is 3.48. The number of para-hydroxylation sites is 3. The summed E-state index contributed by atoms with van der Waals surface area (Å²) >= 11 is 0. The number of carbonyl (C=O) groups is 1. The van der Waals surface area contributed by atoms with Gasteiger partial charge in [0.1, 0.15) is 11.6 Å². The molecular formula is C17H15FN2O2. The maximum absolute atomic E-state index is 13.6. The largest absolute Gasteiger partial charge is 0.495 e. The fraction of sp³-hybridized carbons (Fsp3) is 0.118. The Bertz CT molecular complexity index is 826. The van der Waals surface area contributed by atoms with Crippen molar-refractivity contribution in [2.75, 3.05) is 12.4 Å². The maximum atomic E-state index is 13.6. The molecule has 0 aliphatic rings. The van der Waals surface area contributed by atoms with Gasteiger partial charge >= 0.3 is 0 Å². The normalized spacial score (nSPS) is 10.6. The lowest BCUT2D eigenvalue weighted by Gasteiger charge is -2.09. The Kier molecular flexibility index (Phi) is 3.78. The summed E-state index contributed by atoms with van der Waals surface area (Å²) in [6.07, 6.45) is 1.82. The zero-order valence-corrected chi connectivity index (χ0v) is 12.0. The zero-order valence-electron chi connectivity index (χ0n) is 12.0. The van der Waals surface area contributed by atoms with Crippen LogP contribution in [0.1, 0.15) is 5.56 Å². The number of H-pyrrole nitrogens is 1. The van der Waals surface area contributed by atoms with Gasteiger partial charge in [0.25, 0.3) is 0 Å². The molecule has 1 amide bonds. The summed E-state index contributed by atoms with van der Waals surface area (Å²) in [5, 5.41) is 3.53. The number of aromatic nitrogens is 1. The van der Waals surface area contributed by atoms with Gasteiger partial charge in [-0.05, 0) is 23.8 Å². The first kappa shape index (κ1) is 14.1. The lowest BCUT2D eigenvalue weighted by molar-refractivity contribution is -0.115. The molecule has 2 aromatic carbocycles. The first-order valence-electron chi connectivity index (χ1n) is 6.86. The summed E-state index contributed by atoms with van der Waals surface area (Å²) in [5.41, 5.74) is 1.78. The fourth-order valence-corrected chi connectivity index (χ4v) is 2.44. The van der Waals surface area contributed by atoms with Gasteiger partial charge in [0.05, 0.1) is 24.7 Å². The average Bonchev–Trinajstić information content (AvgIpc) is 2.92. The van der Waals surface area contributed by atoms with Crippen LogP contribution < -0.4 is 10.1 Å². The van der Waals surface area contributed by atoms with Crippen LogP contribution in [0.25, 0.3) is 10.9 Å². The highest BCUT2D eigenvalue weighted by Gasteiger charge is 2.12. The topological polar surface area (TPSA) is 54.1 Å². The Morgan fingerprint density at radius 1 is 1.23 bits per heavy atom. The molecule has 3 aromatic rings. The molecule has 0 saturated heterocycles. The van der Waals surface area contributed by atoms with Crippen molar-refractivity contribution in [1.29, 1.82) is 0 Å². The fourth-order valence-electron chi connectivity index (χ4n) is 2.44. The number of carbonyl (C=O) groups excluding carboxylic acids is 1. The molecule has 0 aliphatic carbocycles. The number of methoxy groups -OCH3 is 1. The van der Waals surface area contributed by atoms with Crippen molar-refractivity contribution < 1.29 is 13.9 Å². The van der Waals surface area contributed by atoms with Crippen LogP contribution in [-0.4, -0.2) is 18.0 Å². The zero-order chi connectivity index (χ0) is 15.5. The Morgan fingerprint density at radius 2 is 2.05 bits per heavy atom. The van der Waals surface area contributed by atoms with Crippen molar-refractivity contribution in [2.45, 2.75) is 6.42 Å². The van der Waals surface area contributed by atoms with Gasteiger partial charge in [-0.1, -0.05) is 24.3 Å². The Labute approximate surface area is 126 Å². The van der Waals surface area contributed by atoms with Gasteiger partial charge in [-0.15, -0.1) is 0 Å². The lowest BCUT2D eigenvalue weighted by atomic mass is 10.1. The summed E-state index contributed by atoms with van der Waals surface area (Å²) < 4.78 is 18.8. The Hall–Kier alpha value is -2.82. The molecule has 0 fully saturated rings. The first-order chi connectivity index (χ1) is 10.7. The monoisotopic (exact) mass is 298 g/mol. The smallest absolute Gasteiger partial charge is 0.228 e. The van der Waals surface area contributed by atoms with Crippen LogP contribution in [0.4, 0.5) is 10.1 Å². The molecule has 0 atom stereocenters. The van der Waals surface area contributed by atoms with Crippen molar-refractivity contribution in [2.24, 2.45) is 0 Å². The molecule has 0 aliphatic heterocycles. The van der Waals surface area contributed by atoms with Crippen LogP contribution in [0.2, 0.25) is 0 Å². The highest BCUT2D eigenvalue weighted by atomic mass is 19.1. The minimum Gasteiger partial charge on any atom is -0.495 e. The van der Waals surface area contributed by atoms with Gasteiger partial charge in [0.2, 0.25) is 5.91 Å². The van der Waals surface area contributed by atoms with E-state index in [1.54, 1.807) is 37.6 Å². The molecule has 1 heterocycles. The van der Waals surface area contributed by atoms with E-state index in [9.17, 15) is 9.18 Å². The maximum Gasteiger partial charge on any atom is 0.228 e. The summed E-state index contributed by atoms with van der Waals surface area (Å²) in [7, 11) is 1.55. The first-order valence-corrected chi connectivity index (χ1v) is 6.86. The number of nitrogens with one attached hydrogen (secondary N) is 2. The number of rotatable bonds is 4.